The number of ether oxygens (including phenoxy) is 1. The molecule has 7 nitrogen and oxygen atoms in total. The molecular weight excluding hydrogens is 369 g/mol. The second kappa shape index (κ2) is 9.70. The fraction of sp³-hybridized carbons (Fsp3) is 0.500. The van der Waals surface area contributed by atoms with Gasteiger partial charge in [0.25, 0.3) is 0 Å². The zero-order chi connectivity index (χ0) is 19.1. The van der Waals surface area contributed by atoms with Crippen molar-refractivity contribution < 1.29 is 13.9 Å². The minimum absolute atomic E-state index is 0.102. The average Bonchev–Trinajstić information content (AvgIpc) is 3.14. The summed E-state index contributed by atoms with van der Waals surface area (Å²) in [5, 5.41) is 8.78. The van der Waals surface area contributed by atoms with Gasteiger partial charge in [0.05, 0.1) is 5.75 Å². The van der Waals surface area contributed by atoms with Crippen LogP contribution in [0.5, 0.6) is 0 Å². The molecule has 3 rings (SSSR count). The normalized spacial score (nSPS) is 14.6. The molecule has 0 aliphatic carbocycles. The lowest BCUT2D eigenvalue weighted by Gasteiger charge is -2.36. The summed E-state index contributed by atoms with van der Waals surface area (Å²) in [4.78, 5) is 16.6. The number of aromatic nitrogens is 3. The van der Waals surface area contributed by atoms with Crippen molar-refractivity contribution in [3.8, 4) is 0 Å². The molecule has 1 amide bonds. The number of anilines is 1. The molecule has 1 aromatic heterocycles. The minimum Gasteiger partial charge on any atom is -0.385 e. The van der Waals surface area contributed by atoms with Crippen molar-refractivity contribution in [3.63, 3.8) is 0 Å². The van der Waals surface area contributed by atoms with E-state index in [1.165, 1.54) is 23.9 Å². The highest BCUT2D eigenvalue weighted by molar-refractivity contribution is 7.99. The standard InChI is InChI=1S/C18H24FN5O2S/c1-26-12-2-7-24-14-20-21-18(24)27-13-17(25)23-10-8-22(9-11-23)16-5-3-15(19)4-6-16/h3-6,14H,2,7-13H2,1H3. The molecule has 9 heteroatoms. The molecule has 1 saturated heterocycles. The molecule has 1 aliphatic heterocycles. The molecule has 146 valence electrons. The summed E-state index contributed by atoms with van der Waals surface area (Å²) in [6, 6.07) is 6.48. The third-order valence-electron chi connectivity index (χ3n) is 4.48. The van der Waals surface area contributed by atoms with E-state index in [1.807, 2.05) is 9.47 Å². The van der Waals surface area contributed by atoms with Crippen LogP contribution in [0.4, 0.5) is 10.1 Å². The van der Waals surface area contributed by atoms with Crippen LogP contribution in [-0.4, -0.2) is 71.2 Å². The van der Waals surface area contributed by atoms with Crippen molar-refractivity contribution in [3.05, 3.63) is 36.4 Å². The molecule has 0 bridgehead atoms. The summed E-state index contributed by atoms with van der Waals surface area (Å²) in [5.74, 6) is 0.212. The second-order valence-electron chi connectivity index (χ2n) is 6.29. The van der Waals surface area contributed by atoms with Crippen molar-refractivity contribution in [2.24, 2.45) is 0 Å². The zero-order valence-electron chi connectivity index (χ0n) is 15.4. The average molecular weight is 393 g/mol. The molecule has 2 heterocycles. The lowest BCUT2D eigenvalue weighted by atomic mass is 10.2. The molecule has 0 radical (unpaired) electrons. The van der Waals surface area contributed by atoms with Gasteiger partial charge in [-0.2, -0.15) is 0 Å². The van der Waals surface area contributed by atoms with Gasteiger partial charge in [0.2, 0.25) is 5.91 Å². The van der Waals surface area contributed by atoms with Gasteiger partial charge in [0.15, 0.2) is 5.16 Å². The summed E-state index contributed by atoms with van der Waals surface area (Å²) in [6.45, 7) is 4.27. The topological polar surface area (TPSA) is 63.5 Å². The molecular formula is C18H24FN5O2S. The minimum atomic E-state index is -0.236. The first kappa shape index (κ1) is 19.6. The molecule has 1 aliphatic rings. The van der Waals surface area contributed by atoms with Crippen molar-refractivity contribution >= 4 is 23.4 Å². The molecule has 0 atom stereocenters. The van der Waals surface area contributed by atoms with Crippen LogP contribution < -0.4 is 4.90 Å². The van der Waals surface area contributed by atoms with Gasteiger partial charge in [0.1, 0.15) is 12.1 Å². The Morgan fingerprint density at radius 3 is 2.67 bits per heavy atom. The van der Waals surface area contributed by atoms with Gasteiger partial charge in [0, 0.05) is 52.1 Å². The van der Waals surface area contributed by atoms with Crippen LogP contribution in [0.3, 0.4) is 0 Å². The summed E-state index contributed by atoms with van der Waals surface area (Å²) in [5.41, 5.74) is 0.988. The van der Waals surface area contributed by atoms with Crippen LogP contribution in [0.15, 0.2) is 35.7 Å². The monoisotopic (exact) mass is 393 g/mol. The van der Waals surface area contributed by atoms with Crippen LogP contribution in [0, 0.1) is 5.82 Å². The first-order valence-electron chi connectivity index (χ1n) is 8.95. The lowest BCUT2D eigenvalue weighted by molar-refractivity contribution is -0.128. The summed E-state index contributed by atoms with van der Waals surface area (Å²) in [7, 11) is 1.68. The smallest absolute Gasteiger partial charge is 0.233 e. The largest absolute Gasteiger partial charge is 0.385 e. The Bertz CT molecular complexity index is 732. The maximum absolute atomic E-state index is 13.0. The number of hydrogen-bond acceptors (Lipinski definition) is 6. The zero-order valence-corrected chi connectivity index (χ0v) is 16.2. The number of halogens is 1. The Balaban J connectivity index is 1.45. The van der Waals surface area contributed by atoms with Gasteiger partial charge in [-0.1, -0.05) is 11.8 Å². The van der Waals surface area contributed by atoms with E-state index >= 15 is 0 Å². The molecule has 2 aromatic rings. The number of hydrogen-bond donors (Lipinski definition) is 0. The number of nitrogens with zero attached hydrogens (tertiary/aromatic N) is 5. The predicted molar refractivity (Wildman–Crippen MR) is 102 cm³/mol. The Hall–Kier alpha value is -2.13. The fourth-order valence-electron chi connectivity index (χ4n) is 2.97. The molecule has 0 spiro atoms. The number of aryl methyl sites for hydroxylation is 1. The van der Waals surface area contributed by atoms with Crippen molar-refractivity contribution in [1.29, 1.82) is 0 Å². The first-order chi connectivity index (χ1) is 13.2. The van der Waals surface area contributed by atoms with Gasteiger partial charge >= 0.3 is 0 Å². The molecule has 0 N–H and O–H groups in total. The van der Waals surface area contributed by atoms with Crippen LogP contribution in [0.25, 0.3) is 0 Å². The van der Waals surface area contributed by atoms with Gasteiger partial charge in [-0.15, -0.1) is 10.2 Å². The highest BCUT2D eigenvalue weighted by atomic mass is 32.2. The number of carbonyl (C=O) groups is 1. The number of rotatable bonds is 8. The van der Waals surface area contributed by atoms with Crippen molar-refractivity contribution in [2.75, 3.05) is 50.5 Å². The molecule has 1 fully saturated rings. The van der Waals surface area contributed by atoms with Crippen LogP contribution in [0.1, 0.15) is 6.42 Å². The van der Waals surface area contributed by atoms with Crippen molar-refractivity contribution in [1.82, 2.24) is 19.7 Å². The first-order valence-corrected chi connectivity index (χ1v) is 9.94. The summed E-state index contributed by atoms with van der Waals surface area (Å²) in [6.07, 6.45) is 2.56. The van der Waals surface area contributed by atoms with E-state index in [1.54, 1.807) is 25.6 Å². The number of thioether (sulfide) groups is 1. The van der Waals surface area contributed by atoms with E-state index in [2.05, 4.69) is 15.1 Å². The number of methoxy groups -OCH3 is 1. The van der Waals surface area contributed by atoms with E-state index in [0.717, 1.165) is 36.9 Å². The third kappa shape index (κ3) is 5.43. The van der Waals surface area contributed by atoms with Crippen molar-refractivity contribution in [2.45, 2.75) is 18.1 Å². The summed E-state index contributed by atoms with van der Waals surface area (Å²) >= 11 is 1.41. The quantitative estimate of drug-likeness (QED) is 0.504. The third-order valence-corrected chi connectivity index (χ3v) is 5.44. The van der Waals surface area contributed by atoms with Crippen LogP contribution >= 0.6 is 11.8 Å². The Kier molecular flexibility index (Phi) is 7.05. The molecule has 1 aromatic carbocycles. The van der Waals surface area contributed by atoms with Crippen LogP contribution in [0.2, 0.25) is 0 Å². The van der Waals surface area contributed by atoms with Gasteiger partial charge in [-0.25, -0.2) is 4.39 Å². The van der Waals surface area contributed by atoms with Gasteiger partial charge < -0.3 is 19.1 Å². The molecule has 0 unspecified atom stereocenters. The molecule has 27 heavy (non-hydrogen) atoms. The number of benzene rings is 1. The van der Waals surface area contributed by atoms with E-state index < -0.39 is 0 Å². The number of piperazine rings is 1. The second-order valence-corrected chi connectivity index (χ2v) is 7.23. The van der Waals surface area contributed by atoms with E-state index in [0.29, 0.717) is 25.4 Å². The van der Waals surface area contributed by atoms with Gasteiger partial charge in [-0.3, -0.25) is 4.79 Å². The van der Waals surface area contributed by atoms with E-state index in [-0.39, 0.29) is 11.7 Å². The highest BCUT2D eigenvalue weighted by Gasteiger charge is 2.22. The Morgan fingerprint density at radius 2 is 1.96 bits per heavy atom. The predicted octanol–water partition coefficient (Wildman–Crippen LogP) is 1.89. The SMILES string of the molecule is COCCCn1cnnc1SCC(=O)N1CCN(c2ccc(F)cc2)CC1. The van der Waals surface area contributed by atoms with Crippen LogP contribution in [-0.2, 0) is 16.1 Å². The number of amides is 1. The maximum atomic E-state index is 13.0. The maximum Gasteiger partial charge on any atom is 0.233 e. The van der Waals surface area contributed by atoms with E-state index in [9.17, 15) is 9.18 Å². The lowest BCUT2D eigenvalue weighted by Crippen LogP contribution is -2.49. The molecule has 0 saturated carbocycles. The van der Waals surface area contributed by atoms with E-state index in [4.69, 9.17) is 4.74 Å². The number of carbonyl (C=O) groups excluding carboxylic acids is 1. The van der Waals surface area contributed by atoms with Gasteiger partial charge in [-0.05, 0) is 30.7 Å². The Morgan fingerprint density at radius 1 is 1.22 bits per heavy atom. The fourth-order valence-corrected chi connectivity index (χ4v) is 3.82. The Labute approximate surface area is 162 Å². The summed E-state index contributed by atoms with van der Waals surface area (Å²) < 4.78 is 20.1. The highest BCUT2D eigenvalue weighted by Crippen LogP contribution is 2.19.